The molecule has 0 radical (unpaired) electrons. The van der Waals surface area contributed by atoms with Crippen molar-refractivity contribution in [3.05, 3.63) is 72.9 Å². The first-order chi connectivity index (χ1) is 45.7. The van der Waals surface area contributed by atoms with E-state index in [1.165, 1.54) is 89.9 Å². The molecule has 0 saturated carbocycles. The maximum Gasteiger partial charge on any atom is 0.472 e. The van der Waals surface area contributed by atoms with Crippen molar-refractivity contribution in [2.75, 3.05) is 39.6 Å². The van der Waals surface area contributed by atoms with Gasteiger partial charge in [-0.1, -0.05) is 280 Å². The molecule has 0 fully saturated rings. The fraction of sp³-hybridized carbons (Fsp3) is 0.787. The summed E-state index contributed by atoms with van der Waals surface area (Å²) < 4.78 is 68.3. The van der Waals surface area contributed by atoms with E-state index in [1.807, 2.05) is 0 Å². The molecule has 0 aromatic carbocycles. The molecule has 5 atom stereocenters. The number of hydrogen-bond donors (Lipinski definition) is 3. The Morgan fingerprint density at radius 1 is 0.309 bits per heavy atom. The Morgan fingerprint density at radius 2 is 0.574 bits per heavy atom. The third kappa shape index (κ3) is 67.1. The van der Waals surface area contributed by atoms with Gasteiger partial charge in [-0.25, -0.2) is 9.13 Å². The number of phosphoric ester groups is 2. The molecule has 0 aliphatic rings. The summed E-state index contributed by atoms with van der Waals surface area (Å²) in [4.78, 5) is 72.7. The molecule has 0 bridgehead atoms. The quantitative estimate of drug-likeness (QED) is 0.0169. The SMILES string of the molecule is CC/C=C\C/C=C\C/C=C\C/C=C\CCCCCCC(=O)OCC(COP(=O)(O)OCC(O)COP(=O)(O)OCC(COC(=O)CCCCCCC/C=C\C/C=C\CCC)OC(=O)CCCCCCCCCCCCC)OC(=O)CCCCCCCCCCCCCCC. The second-order valence-electron chi connectivity index (χ2n) is 24.9. The Bertz CT molecular complexity index is 2070. The molecule has 0 amide bonds. The molecular formula is C75H134O17P2. The van der Waals surface area contributed by atoms with Crippen LogP contribution < -0.4 is 0 Å². The summed E-state index contributed by atoms with van der Waals surface area (Å²) >= 11 is 0. The van der Waals surface area contributed by atoms with E-state index in [2.05, 4.69) is 101 Å². The second-order valence-corrected chi connectivity index (χ2v) is 27.8. The minimum Gasteiger partial charge on any atom is -0.462 e. The van der Waals surface area contributed by atoms with Crippen molar-refractivity contribution >= 4 is 39.5 Å². The van der Waals surface area contributed by atoms with Gasteiger partial charge in [-0.3, -0.25) is 37.3 Å². The third-order valence-corrected chi connectivity index (χ3v) is 17.6. The topological polar surface area (TPSA) is 237 Å². The molecule has 0 aliphatic carbocycles. The normalized spacial score (nSPS) is 14.4. The third-order valence-electron chi connectivity index (χ3n) is 15.7. The van der Waals surface area contributed by atoms with Crippen LogP contribution in [0.15, 0.2) is 72.9 Å². The van der Waals surface area contributed by atoms with Gasteiger partial charge in [-0.15, -0.1) is 0 Å². The zero-order valence-corrected chi connectivity index (χ0v) is 61.2. The molecule has 0 aromatic rings. The summed E-state index contributed by atoms with van der Waals surface area (Å²) in [6.45, 7) is 4.67. The maximum absolute atomic E-state index is 13.0. The van der Waals surface area contributed by atoms with Gasteiger partial charge in [-0.05, 0) is 89.9 Å². The lowest BCUT2D eigenvalue weighted by molar-refractivity contribution is -0.161. The average molecular weight is 1370 g/mol. The van der Waals surface area contributed by atoms with Crippen LogP contribution in [0.5, 0.6) is 0 Å². The molecule has 0 rings (SSSR count). The van der Waals surface area contributed by atoms with Crippen LogP contribution in [0, 0.1) is 0 Å². The largest absolute Gasteiger partial charge is 0.472 e. The van der Waals surface area contributed by atoms with Crippen LogP contribution in [0.1, 0.15) is 323 Å². The first-order valence-corrected chi connectivity index (χ1v) is 40.2. The summed E-state index contributed by atoms with van der Waals surface area (Å²) in [5.41, 5.74) is 0. The number of aliphatic hydroxyl groups is 1. The number of allylic oxidation sites excluding steroid dienone is 12. The number of ether oxygens (including phenoxy) is 4. The van der Waals surface area contributed by atoms with Crippen molar-refractivity contribution in [3.63, 3.8) is 0 Å². The monoisotopic (exact) mass is 1370 g/mol. The van der Waals surface area contributed by atoms with Gasteiger partial charge in [0.15, 0.2) is 12.2 Å². The molecule has 0 heterocycles. The maximum atomic E-state index is 13.0. The Balaban J connectivity index is 5.32. The summed E-state index contributed by atoms with van der Waals surface area (Å²) in [6.07, 6.45) is 66.1. The van der Waals surface area contributed by atoms with E-state index >= 15 is 0 Å². The Hall–Kier alpha value is -3.50. The van der Waals surface area contributed by atoms with Crippen LogP contribution >= 0.6 is 15.6 Å². The molecule has 0 aromatic heterocycles. The van der Waals surface area contributed by atoms with Crippen molar-refractivity contribution in [1.82, 2.24) is 0 Å². The number of hydrogen-bond acceptors (Lipinski definition) is 15. The van der Waals surface area contributed by atoms with Gasteiger partial charge >= 0.3 is 39.5 Å². The molecule has 94 heavy (non-hydrogen) atoms. The molecule has 17 nitrogen and oxygen atoms in total. The van der Waals surface area contributed by atoms with E-state index in [9.17, 15) is 43.2 Å². The highest BCUT2D eigenvalue weighted by atomic mass is 31.2. The van der Waals surface area contributed by atoms with Gasteiger partial charge in [0.1, 0.15) is 19.3 Å². The fourth-order valence-corrected chi connectivity index (χ4v) is 11.6. The van der Waals surface area contributed by atoms with Crippen LogP contribution in [0.4, 0.5) is 0 Å². The number of carbonyl (C=O) groups excluding carboxylic acids is 4. The molecule has 0 aliphatic heterocycles. The molecule has 3 N–H and O–H groups in total. The Morgan fingerprint density at radius 3 is 0.894 bits per heavy atom. The predicted molar refractivity (Wildman–Crippen MR) is 381 cm³/mol. The van der Waals surface area contributed by atoms with Crippen molar-refractivity contribution in [1.29, 1.82) is 0 Å². The molecule has 5 unspecified atom stereocenters. The van der Waals surface area contributed by atoms with E-state index in [0.717, 1.165) is 154 Å². The van der Waals surface area contributed by atoms with Crippen molar-refractivity contribution in [2.45, 2.75) is 341 Å². The Labute approximate surface area is 571 Å². The Kier molecular flexibility index (Phi) is 65.5. The van der Waals surface area contributed by atoms with Crippen LogP contribution in [-0.2, 0) is 65.4 Å². The summed E-state index contributed by atoms with van der Waals surface area (Å²) in [6, 6.07) is 0. The molecule has 19 heteroatoms. The van der Waals surface area contributed by atoms with Crippen LogP contribution in [0.3, 0.4) is 0 Å². The summed E-state index contributed by atoms with van der Waals surface area (Å²) in [5.74, 6) is -2.19. The number of carbonyl (C=O) groups is 4. The van der Waals surface area contributed by atoms with Crippen LogP contribution in [0.25, 0.3) is 0 Å². The molecule has 0 saturated heterocycles. The van der Waals surface area contributed by atoms with Gasteiger partial charge in [0.25, 0.3) is 0 Å². The lowest BCUT2D eigenvalue weighted by Gasteiger charge is -2.21. The van der Waals surface area contributed by atoms with Gasteiger partial charge in [-0.2, -0.15) is 0 Å². The highest BCUT2D eigenvalue weighted by molar-refractivity contribution is 7.47. The average Bonchev–Trinajstić information content (AvgIpc) is 2.15. The second kappa shape index (κ2) is 68.0. The highest BCUT2D eigenvalue weighted by Gasteiger charge is 2.30. The fourth-order valence-electron chi connectivity index (χ4n) is 10.0. The van der Waals surface area contributed by atoms with Gasteiger partial charge in [0.05, 0.1) is 26.4 Å². The predicted octanol–water partition coefficient (Wildman–Crippen LogP) is 20.9. The van der Waals surface area contributed by atoms with Crippen molar-refractivity contribution in [3.8, 4) is 0 Å². The summed E-state index contributed by atoms with van der Waals surface area (Å²) in [5, 5.41) is 10.6. The summed E-state index contributed by atoms with van der Waals surface area (Å²) in [7, 11) is -9.94. The van der Waals surface area contributed by atoms with Gasteiger partial charge < -0.3 is 33.8 Å². The van der Waals surface area contributed by atoms with E-state index in [0.29, 0.717) is 25.7 Å². The smallest absolute Gasteiger partial charge is 0.462 e. The molecule has 0 spiro atoms. The zero-order valence-electron chi connectivity index (χ0n) is 59.4. The van der Waals surface area contributed by atoms with E-state index < -0.39 is 97.5 Å². The first-order valence-electron chi connectivity index (χ1n) is 37.2. The number of unbranched alkanes of at least 4 members (excludes halogenated alkanes) is 32. The number of rotatable bonds is 70. The van der Waals surface area contributed by atoms with Crippen LogP contribution in [0.2, 0.25) is 0 Å². The highest BCUT2D eigenvalue weighted by Crippen LogP contribution is 2.45. The van der Waals surface area contributed by atoms with Crippen LogP contribution in [-0.4, -0.2) is 96.7 Å². The minimum atomic E-state index is -4.97. The van der Waals surface area contributed by atoms with Crippen molar-refractivity contribution < 1.29 is 80.2 Å². The number of aliphatic hydroxyl groups excluding tert-OH is 1. The van der Waals surface area contributed by atoms with E-state index in [-0.39, 0.29) is 25.7 Å². The van der Waals surface area contributed by atoms with E-state index in [4.69, 9.17) is 37.0 Å². The number of phosphoric acid groups is 2. The lowest BCUT2D eigenvalue weighted by Crippen LogP contribution is -2.30. The van der Waals surface area contributed by atoms with Gasteiger partial charge in [0.2, 0.25) is 0 Å². The van der Waals surface area contributed by atoms with E-state index in [1.54, 1.807) is 0 Å². The molecule has 546 valence electrons. The lowest BCUT2D eigenvalue weighted by atomic mass is 10.0. The molecular weight excluding hydrogens is 1230 g/mol. The standard InChI is InChI=1S/C75H134O17P2/c1-5-9-13-17-21-25-29-32-33-34-35-38-41-44-48-52-56-60-73(78)86-66-71(92-75(80)62-58-54-50-46-42-37-31-27-23-19-15-11-7-3)68-90-94(83,84)88-64-69(76)63-87-93(81,82)89-67-70(91-74(79)61-57-53-49-45-39-28-24-20-16-12-8-4)65-85-72(77)59-55-51-47-43-40-36-30-26-22-18-14-10-6-2/h9,13-14,18,21,25-26,30,32-33,35,38,69-71,76H,5-8,10-12,15-17,19-20,22-24,27-29,31,34,36-37,39-68H2,1-4H3,(H,81,82)(H,83,84)/b13-9-,18-14-,25-21-,30-26-,33-32-,38-35-. The van der Waals surface area contributed by atoms with Gasteiger partial charge in [0, 0.05) is 25.7 Å². The first kappa shape index (κ1) is 90.5. The van der Waals surface area contributed by atoms with Crippen molar-refractivity contribution in [2.24, 2.45) is 0 Å². The zero-order chi connectivity index (χ0) is 69.0. The minimum absolute atomic E-state index is 0.0941. The number of esters is 4.